The van der Waals surface area contributed by atoms with Crippen molar-refractivity contribution >= 4 is 16.8 Å². The van der Waals surface area contributed by atoms with Crippen molar-refractivity contribution in [2.75, 3.05) is 6.54 Å². The van der Waals surface area contributed by atoms with Gasteiger partial charge in [-0.25, -0.2) is 0 Å². The Morgan fingerprint density at radius 1 is 1.24 bits per heavy atom. The van der Waals surface area contributed by atoms with Gasteiger partial charge in [0.25, 0.3) is 0 Å². The van der Waals surface area contributed by atoms with Crippen molar-refractivity contribution in [3.8, 4) is 6.07 Å². The molecule has 0 saturated heterocycles. The molecule has 2 heterocycles. The minimum absolute atomic E-state index is 0.0616. The number of carbonyl (C=O) groups is 1. The molecule has 0 spiro atoms. The van der Waals surface area contributed by atoms with Crippen molar-refractivity contribution < 1.29 is 9.21 Å². The number of nitrogens with zero attached hydrogens (tertiary/aromatic N) is 2. The quantitative estimate of drug-likeness (QED) is 0.675. The maximum absolute atomic E-state index is 12.5. The SMILES string of the molecule is N#CCCN(Cc1ccco1)C(=O)CCCc1c[nH]c2ccccc12. The molecule has 25 heavy (non-hydrogen) atoms. The average Bonchev–Trinajstić information content (AvgIpc) is 3.28. The van der Waals surface area contributed by atoms with Crippen LogP contribution < -0.4 is 0 Å². The first-order chi connectivity index (χ1) is 12.3. The Morgan fingerprint density at radius 3 is 2.92 bits per heavy atom. The molecular weight excluding hydrogens is 314 g/mol. The van der Waals surface area contributed by atoms with E-state index in [1.54, 1.807) is 17.2 Å². The van der Waals surface area contributed by atoms with Crippen LogP contribution in [0.2, 0.25) is 0 Å². The van der Waals surface area contributed by atoms with Crippen molar-refractivity contribution in [2.45, 2.75) is 32.2 Å². The monoisotopic (exact) mass is 335 g/mol. The molecule has 0 unspecified atom stereocenters. The minimum atomic E-state index is 0.0616. The fraction of sp³-hybridized carbons (Fsp3) is 0.300. The number of nitriles is 1. The number of benzene rings is 1. The van der Waals surface area contributed by atoms with Crippen LogP contribution in [0.4, 0.5) is 0 Å². The number of furan rings is 1. The zero-order valence-corrected chi connectivity index (χ0v) is 14.1. The second-order valence-corrected chi connectivity index (χ2v) is 6.02. The Labute approximate surface area is 146 Å². The largest absolute Gasteiger partial charge is 0.467 e. The van der Waals surface area contributed by atoms with Crippen LogP contribution in [-0.2, 0) is 17.8 Å². The number of aromatic amines is 1. The molecule has 0 radical (unpaired) electrons. The minimum Gasteiger partial charge on any atom is -0.467 e. The van der Waals surface area contributed by atoms with E-state index < -0.39 is 0 Å². The summed E-state index contributed by atoms with van der Waals surface area (Å²) in [4.78, 5) is 17.5. The maximum Gasteiger partial charge on any atom is 0.223 e. The van der Waals surface area contributed by atoms with Crippen LogP contribution >= 0.6 is 0 Å². The van der Waals surface area contributed by atoms with E-state index in [4.69, 9.17) is 9.68 Å². The Hall–Kier alpha value is -3.00. The number of carbonyl (C=O) groups excluding carboxylic acids is 1. The highest BCUT2D eigenvalue weighted by atomic mass is 16.3. The molecule has 3 rings (SSSR count). The van der Waals surface area contributed by atoms with Gasteiger partial charge in [-0.05, 0) is 36.6 Å². The Kier molecular flexibility index (Phi) is 5.53. The molecule has 0 fully saturated rings. The molecule has 1 N–H and O–H groups in total. The third kappa shape index (κ3) is 4.30. The van der Waals surface area contributed by atoms with Gasteiger partial charge < -0.3 is 14.3 Å². The van der Waals surface area contributed by atoms with Gasteiger partial charge in [0.2, 0.25) is 5.91 Å². The van der Waals surface area contributed by atoms with Crippen molar-refractivity contribution in [1.29, 1.82) is 5.26 Å². The summed E-state index contributed by atoms with van der Waals surface area (Å²) in [5.41, 5.74) is 2.36. The molecule has 1 aromatic carbocycles. The normalized spacial score (nSPS) is 10.7. The van der Waals surface area contributed by atoms with Crippen LogP contribution in [-0.4, -0.2) is 22.3 Å². The first kappa shape index (κ1) is 16.8. The fourth-order valence-corrected chi connectivity index (χ4v) is 2.99. The van der Waals surface area contributed by atoms with E-state index in [2.05, 4.69) is 23.2 Å². The van der Waals surface area contributed by atoms with Gasteiger partial charge in [0.1, 0.15) is 5.76 Å². The Bertz CT molecular complexity index is 859. The molecule has 0 saturated carbocycles. The summed E-state index contributed by atoms with van der Waals surface area (Å²) in [6, 6.07) is 13.9. The maximum atomic E-state index is 12.5. The van der Waals surface area contributed by atoms with E-state index in [1.807, 2.05) is 24.4 Å². The lowest BCUT2D eigenvalue weighted by atomic mass is 10.1. The van der Waals surface area contributed by atoms with Gasteiger partial charge in [-0.3, -0.25) is 4.79 Å². The van der Waals surface area contributed by atoms with Gasteiger partial charge >= 0.3 is 0 Å². The molecule has 1 amide bonds. The molecule has 5 heteroatoms. The van der Waals surface area contributed by atoms with Crippen LogP contribution in [0, 0.1) is 11.3 Å². The first-order valence-corrected chi connectivity index (χ1v) is 8.50. The second-order valence-electron chi connectivity index (χ2n) is 6.02. The van der Waals surface area contributed by atoms with E-state index in [9.17, 15) is 4.79 Å². The van der Waals surface area contributed by atoms with Crippen molar-refractivity contribution in [3.05, 3.63) is 60.2 Å². The number of H-pyrrole nitrogens is 1. The van der Waals surface area contributed by atoms with Crippen LogP contribution in [0.5, 0.6) is 0 Å². The Morgan fingerprint density at radius 2 is 2.12 bits per heavy atom. The lowest BCUT2D eigenvalue weighted by molar-refractivity contribution is -0.132. The van der Waals surface area contributed by atoms with E-state index in [-0.39, 0.29) is 5.91 Å². The average molecular weight is 335 g/mol. The predicted molar refractivity (Wildman–Crippen MR) is 95.6 cm³/mol. The van der Waals surface area contributed by atoms with Gasteiger partial charge in [0.05, 0.1) is 25.3 Å². The number of hydrogen-bond acceptors (Lipinski definition) is 3. The van der Waals surface area contributed by atoms with Crippen molar-refractivity contribution in [2.24, 2.45) is 0 Å². The summed E-state index contributed by atoms with van der Waals surface area (Å²) in [5, 5.41) is 10.0. The zero-order valence-electron chi connectivity index (χ0n) is 14.1. The van der Waals surface area contributed by atoms with Crippen LogP contribution in [0.1, 0.15) is 30.6 Å². The number of fused-ring (bicyclic) bond motifs is 1. The summed E-state index contributed by atoms with van der Waals surface area (Å²) in [5.74, 6) is 0.800. The topological polar surface area (TPSA) is 73.0 Å². The lowest BCUT2D eigenvalue weighted by Gasteiger charge is -2.20. The van der Waals surface area contributed by atoms with E-state index in [1.165, 1.54) is 10.9 Å². The van der Waals surface area contributed by atoms with Crippen molar-refractivity contribution in [3.63, 3.8) is 0 Å². The number of nitrogens with one attached hydrogen (secondary N) is 1. The van der Waals surface area contributed by atoms with Gasteiger partial charge in [-0.1, -0.05) is 18.2 Å². The molecule has 128 valence electrons. The molecule has 2 aromatic heterocycles. The molecule has 0 bridgehead atoms. The number of aryl methyl sites for hydroxylation is 1. The number of aromatic nitrogens is 1. The van der Waals surface area contributed by atoms with Gasteiger partial charge in [-0.2, -0.15) is 5.26 Å². The molecular formula is C20H21N3O2. The fourth-order valence-electron chi connectivity index (χ4n) is 2.99. The van der Waals surface area contributed by atoms with Gasteiger partial charge in [0.15, 0.2) is 0 Å². The summed E-state index contributed by atoms with van der Waals surface area (Å²) < 4.78 is 5.32. The summed E-state index contributed by atoms with van der Waals surface area (Å²) in [6.07, 6.45) is 6.04. The summed E-state index contributed by atoms with van der Waals surface area (Å²) in [7, 11) is 0. The highest BCUT2D eigenvalue weighted by Gasteiger charge is 2.15. The smallest absolute Gasteiger partial charge is 0.223 e. The molecule has 0 aliphatic heterocycles. The van der Waals surface area contributed by atoms with E-state index >= 15 is 0 Å². The number of amides is 1. The predicted octanol–water partition coefficient (Wildman–Crippen LogP) is 4.03. The van der Waals surface area contributed by atoms with Crippen molar-refractivity contribution in [1.82, 2.24) is 9.88 Å². The number of hydrogen-bond donors (Lipinski definition) is 1. The zero-order chi connectivity index (χ0) is 17.5. The standard InChI is InChI=1S/C20H21N3O2/c21-11-5-12-23(15-17-7-4-13-25-17)20(24)10-3-6-16-14-22-19-9-2-1-8-18(16)19/h1-2,4,7-9,13-14,22H,3,5-6,10,12,15H2. The molecule has 0 aliphatic rings. The van der Waals surface area contributed by atoms with Crippen LogP contribution in [0.25, 0.3) is 10.9 Å². The number of para-hydroxylation sites is 1. The van der Waals surface area contributed by atoms with E-state index in [0.29, 0.717) is 25.9 Å². The Balaban J connectivity index is 1.56. The molecule has 0 aliphatic carbocycles. The van der Waals surface area contributed by atoms with Gasteiger partial charge in [-0.15, -0.1) is 0 Å². The summed E-state index contributed by atoms with van der Waals surface area (Å²) in [6.45, 7) is 0.851. The molecule has 3 aromatic rings. The first-order valence-electron chi connectivity index (χ1n) is 8.50. The van der Waals surface area contributed by atoms with Gasteiger partial charge in [0, 0.05) is 30.1 Å². The van der Waals surface area contributed by atoms with E-state index in [0.717, 1.165) is 24.1 Å². The molecule has 0 atom stereocenters. The lowest BCUT2D eigenvalue weighted by Crippen LogP contribution is -2.31. The van der Waals surface area contributed by atoms with Crippen LogP contribution in [0.15, 0.2) is 53.3 Å². The molecule has 5 nitrogen and oxygen atoms in total. The number of rotatable bonds is 8. The highest BCUT2D eigenvalue weighted by molar-refractivity contribution is 5.83. The highest BCUT2D eigenvalue weighted by Crippen LogP contribution is 2.20. The third-order valence-electron chi connectivity index (χ3n) is 4.28. The second kappa shape index (κ2) is 8.20. The summed E-state index contributed by atoms with van der Waals surface area (Å²) >= 11 is 0. The third-order valence-corrected chi connectivity index (χ3v) is 4.28. The van der Waals surface area contributed by atoms with Crippen LogP contribution in [0.3, 0.4) is 0 Å².